The normalized spacial score (nSPS) is 14.5. The van der Waals surface area contributed by atoms with Gasteiger partial charge in [-0.1, -0.05) is 32.1 Å². The van der Waals surface area contributed by atoms with E-state index in [1.54, 1.807) is 0 Å². The van der Waals surface area contributed by atoms with Crippen LogP contribution in [0.4, 0.5) is 5.82 Å². The molecule has 156 valence electrons. The van der Waals surface area contributed by atoms with Crippen LogP contribution in [-0.4, -0.2) is 46.5 Å². The number of carbonyl (C=O) groups is 1. The van der Waals surface area contributed by atoms with Gasteiger partial charge in [0.05, 0.1) is 0 Å². The number of carbonyl (C=O) groups excluding carboxylic acids is 1. The van der Waals surface area contributed by atoms with E-state index in [4.69, 9.17) is 0 Å². The van der Waals surface area contributed by atoms with Crippen molar-refractivity contribution < 1.29 is 4.79 Å². The first-order chi connectivity index (χ1) is 14.5. The predicted octanol–water partition coefficient (Wildman–Crippen LogP) is 4.62. The van der Waals surface area contributed by atoms with Crippen molar-refractivity contribution in [1.29, 1.82) is 0 Å². The Kier molecular flexibility index (Phi) is 5.62. The number of pyridine rings is 1. The van der Waals surface area contributed by atoms with Crippen molar-refractivity contribution >= 4 is 22.6 Å². The second-order valence-corrected chi connectivity index (χ2v) is 8.27. The van der Waals surface area contributed by atoms with Crippen LogP contribution >= 0.6 is 0 Å². The van der Waals surface area contributed by atoms with Gasteiger partial charge in [-0.25, -0.2) is 4.98 Å². The van der Waals surface area contributed by atoms with Crippen molar-refractivity contribution in [3.8, 4) is 0 Å². The second kappa shape index (κ2) is 8.34. The van der Waals surface area contributed by atoms with E-state index in [-0.39, 0.29) is 5.91 Å². The molecule has 1 aromatic carbocycles. The number of amides is 1. The lowest BCUT2D eigenvalue weighted by Gasteiger charge is -2.35. The predicted molar refractivity (Wildman–Crippen MR) is 123 cm³/mol. The number of aryl methyl sites for hydroxylation is 1. The lowest BCUT2D eigenvalue weighted by Crippen LogP contribution is -2.49. The summed E-state index contributed by atoms with van der Waals surface area (Å²) in [6, 6.07) is 12.5. The van der Waals surface area contributed by atoms with E-state index < -0.39 is 0 Å². The maximum absolute atomic E-state index is 13.6. The average Bonchev–Trinajstić information content (AvgIpc) is 3.05. The van der Waals surface area contributed by atoms with Gasteiger partial charge in [-0.15, -0.1) is 6.58 Å². The van der Waals surface area contributed by atoms with Crippen LogP contribution in [0.3, 0.4) is 0 Å². The van der Waals surface area contributed by atoms with Gasteiger partial charge in [-0.05, 0) is 48.2 Å². The first kappa shape index (κ1) is 20.2. The minimum Gasteiger partial charge on any atom is -0.353 e. The first-order valence-electron chi connectivity index (χ1n) is 10.7. The van der Waals surface area contributed by atoms with Gasteiger partial charge >= 0.3 is 0 Å². The van der Waals surface area contributed by atoms with Crippen LogP contribution in [0.25, 0.3) is 10.9 Å². The van der Waals surface area contributed by atoms with Crippen LogP contribution in [0.1, 0.15) is 41.4 Å². The number of nitrogens with zero attached hydrogens (tertiary/aromatic N) is 4. The number of benzene rings is 1. The summed E-state index contributed by atoms with van der Waals surface area (Å²) in [7, 11) is 0. The van der Waals surface area contributed by atoms with E-state index in [1.165, 1.54) is 10.9 Å². The molecule has 0 N–H and O–H groups in total. The Balaban J connectivity index is 1.63. The van der Waals surface area contributed by atoms with Crippen molar-refractivity contribution in [3.05, 3.63) is 72.1 Å². The number of hydrogen-bond donors (Lipinski definition) is 0. The molecule has 5 nitrogen and oxygen atoms in total. The Morgan fingerprint density at radius 1 is 1.17 bits per heavy atom. The zero-order valence-corrected chi connectivity index (χ0v) is 18.1. The van der Waals surface area contributed by atoms with Gasteiger partial charge in [0.25, 0.3) is 5.91 Å². The van der Waals surface area contributed by atoms with E-state index in [2.05, 4.69) is 60.0 Å². The summed E-state index contributed by atoms with van der Waals surface area (Å²) in [5, 5.41) is 1.17. The zero-order valence-electron chi connectivity index (χ0n) is 18.1. The minimum atomic E-state index is 0.109. The first-order valence-corrected chi connectivity index (χ1v) is 10.7. The minimum absolute atomic E-state index is 0.109. The third-order valence-electron chi connectivity index (χ3n) is 6.06. The van der Waals surface area contributed by atoms with Gasteiger partial charge in [0, 0.05) is 49.8 Å². The van der Waals surface area contributed by atoms with Crippen LogP contribution in [0.15, 0.2) is 55.3 Å². The quantitative estimate of drug-likeness (QED) is 0.585. The summed E-state index contributed by atoms with van der Waals surface area (Å²) in [5.74, 6) is 1.54. The molecule has 2 aromatic heterocycles. The number of rotatable bonds is 5. The van der Waals surface area contributed by atoms with Crippen LogP contribution in [-0.2, 0) is 6.54 Å². The number of fused-ring (bicyclic) bond motifs is 1. The van der Waals surface area contributed by atoms with E-state index in [0.717, 1.165) is 35.7 Å². The molecule has 0 unspecified atom stereocenters. The lowest BCUT2D eigenvalue weighted by molar-refractivity contribution is 0.0736. The summed E-state index contributed by atoms with van der Waals surface area (Å²) in [5.41, 5.74) is 4.25. The molecule has 0 aliphatic carbocycles. The molecule has 1 saturated heterocycles. The van der Waals surface area contributed by atoms with Crippen LogP contribution in [0.5, 0.6) is 0 Å². The number of anilines is 1. The van der Waals surface area contributed by atoms with Gasteiger partial charge in [-0.3, -0.25) is 4.79 Å². The molecule has 0 spiro atoms. The summed E-state index contributed by atoms with van der Waals surface area (Å²) < 4.78 is 2.12. The highest BCUT2D eigenvalue weighted by atomic mass is 16.2. The van der Waals surface area contributed by atoms with E-state index >= 15 is 0 Å². The van der Waals surface area contributed by atoms with Gasteiger partial charge in [0.1, 0.15) is 11.5 Å². The molecule has 0 saturated carbocycles. The topological polar surface area (TPSA) is 41.4 Å². The fourth-order valence-electron chi connectivity index (χ4n) is 4.32. The third kappa shape index (κ3) is 3.60. The summed E-state index contributed by atoms with van der Waals surface area (Å²) in [6.07, 6.45) is 3.68. The SMILES string of the molecule is C=CCn1c(C(=O)N2CCN(c3ccccn3)CC2)c(C)c2cc(C(C)C)ccc21. The molecule has 1 amide bonds. The summed E-state index contributed by atoms with van der Waals surface area (Å²) in [4.78, 5) is 22.2. The lowest BCUT2D eigenvalue weighted by atomic mass is 10.0. The smallest absolute Gasteiger partial charge is 0.270 e. The van der Waals surface area contributed by atoms with Gasteiger partial charge in [-0.2, -0.15) is 0 Å². The molecule has 3 heterocycles. The van der Waals surface area contributed by atoms with Crippen LogP contribution < -0.4 is 4.90 Å². The summed E-state index contributed by atoms with van der Waals surface area (Å²) >= 11 is 0. The largest absolute Gasteiger partial charge is 0.353 e. The van der Waals surface area contributed by atoms with Crippen LogP contribution in [0.2, 0.25) is 0 Å². The highest BCUT2D eigenvalue weighted by Crippen LogP contribution is 2.30. The maximum atomic E-state index is 13.6. The second-order valence-electron chi connectivity index (χ2n) is 8.27. The molecule has 0 atom stereocenters. The monoisotopic (exact) mass is 402 g/mol. The Bertz CT molecular complexity index is 1060. The van der Waals surface area contributed by atoms with Crippen LogP contribution in [0, 0.1) is 6.92 Å². The molecular formula is C25H30N4O. The molecule has 4 rings (SSSR count). The number of hydrogen-bond acceptors (Lipinski definition) is 3. The Morgan fingerprint density at radius 2 is 1.93 bits per heavy atom. The molecule has 30 heavy (non-hydrogen) atoms. The molecule has 0 bridgehead atoms. The van der Waals surface area contributed by atoms with Crippen molar-refractivity contribution in [1.82, 2.24) is 14.5 Å². The fraction of sp³-hybridized carbons (Fsp3) is 0.360. The third-order valence-corrected chi connectivity index (χ3v) is 6.06. The standard InChI is InChI=1S/C25H30N4O/c1-5-12-29-22-10-9-20(18(2)3)17-21(22)19(4)24(29)25(30)28-15-13-27(14-16-28)23-8-6-7-11-26-23/h5-11,17-18H,1,12-16H2,2-4H3. The van der Waals surface area contributed by atoms with Crippen molar-refractivity contribution in [2.24, 2.45) is 0 Å². The van der Waals surface area contributed by atoms with Crippen molar-refractivity contribution in [2.75, 3.05) is 31.1 Å². The van der Waals surface area contributed by atoms with Gasteiger partial charge < -0.3 is 14.4 Å². The van der Waals surface area contributed by atoms with E-state index in [9.17, 15) is 4.79 Å². The molecular weight excluding hydrogens is 372 g/mol. The summed E-state index contributed by atoms with van der Waals surface area (Å²) in [6.45, 7) is 14.0. The van der Waals surface area contributed by atoms with Crippen molar-refractivity contribution in [2.45, 2.75) is 33.2 Å². The van der Waals surface area contributed by atoms with Gasteiger partial charge in [0.15, 0.2) is 0 Å². The molecule has 5 heteroatoms. The fourth-order valence-corrected chi connectivity index (χ4v) is 4.32. The van der Waals surface area contributed by atoms with Crippen molar-refractivity contribution in [3.63, 3.8) is 0 Å². The van der Waals surface area contributed by atoms with E-state index in [1.807, 2.05) is 35.4 Å². The molecule has 1 aliphatic heterocycles. The van der Waals surface area contributed by atoms with Gasteiger partial charge in [0.2, 0.25) is 0 Å². The highest BCUT2D eigenvalue weighted by Gasteiger charge is 2.27. The Labute approximate surface area is 178 Å². The average molecular weight is 403 g/mol. The molecule has 1 aliphatic rings. The Hall–Kier alpha value is -3.08. The molecule has 0 radical (unpaired) electrons. The van der Waals surface area contributed by atoms with E-state index in [0.29, 0.717) is 25.6 Å². The number of allylic oxidation sites excluding steroid dienone is 1. The number of aromatic nitrogens is 2. The molecule has 1 fully saturated rings. The highest BCUT2D eigenvalue weighted by molar-refractivity contribution is 6.02. The maximum Gasteiger partial charge on any atom is 0.270 e. The number of piperazine rings is 1. The Morgan fingerprint density at radius 3 is 2.57 bits per heavy atom. The zero-order chi connectivity index (χ0) is 21.3. The molecule has 3 aromatic rings.